The fourth-order valence-corrected chi connectivity index (χ4v) is 2.02. The van der Waals surface area contributed by atoms with Crippen LogP contribution in [0.25, 0.3) is 16.8 Å². The van der Waals surface area contributed by atoms with E-state index in [1.54, 1.807) is 28.8 Å². The van der Waals surface area contributed by atoms with Crippen molar-refractivity contribution in [3.05, 3.63) is 25.3 Å². The first-order valence-electron chi connectivity index (χ1n) is 4.66. The summed E-state index contributed by atoms with van der Waals surface area (Å²) in [5.41, 5.74) is 2.21. The molecule has 3 heterocycles. The highest BCUT2D eigenvalue weighted by Crippen LogP contribution is 2.19. The molecule has 0 aliphatic carbocycles. The van der Waals surface area contributed by atoms with Crippen molar-refractivity contribution in [1.29, 1.82) is 0 Å². The van der Waals surface area contributed by atoms with Gasteiger partial charge in [0.05, 0.1) is 0 Å². The van der Waals surface area contributed by atoms with Gasteiger partial charge < -0.3 is 4.98 Å². The molecule has 0 saturated carbocycles. The number of aromatic nitrogens is 6. The average molecular weight is 232 g/mol. The smallest absolute Gasteiger partial charge is 0.189 e. The summed E-state index contributed by atoms with van der Waals surface area (Å²) < 4.78 is 1.75. The molecule has 0 aliphatic rings. The zero-order chi connectivity index (χ0) is 11.0. The lowest BCUT2D eigenvalue weighted by atomic mass is 10.5. The topological polar surface area (TPSA) is 71.8 Å². The van der Waals surface area contributed by atoms with Crippen molar-refractivity contribution in [2.45, 2.75) is 5.16 Å². The second-order valence-corrected chi connectivity index (χ2v) is 4.16. The van der Waals surface area contributed by atoms with Crippen LogP contribution >= 0.6 is 11.8 Å². The van der Waals surface area contributed by atoms with Gasteiger partial charge in [-0.25, -0.2) is 9.97 Å². The number of nitrogens with one attached hydrogen (secondary N) is 1. The Kier molecular flexibility index (Phi) is 2.10. The van der Waals surface area contributed by atoms with E-state index in [9.17, 15) is 0 Å². The van der Waals surface area contributed by atoms with E-state index >= 15 is 0 Å². The summed E-state index contributed by atoms with van der Waals surface area (Å²) in [6.07, 6.45) is 5.09. The standard InChI is InChI=1S/C9H8N6S/c1-2-3-16-9-12-6-7(13-9)10-4-15-5-11-14-8(6)15/h2,4-5H,1,3H2,(H,12,13). The predicted molar refractivity (Wildman–Crippen MR) is 61.4 cm³/mol. The van der Waals surface area contributed by atoms with Gasteiger partial charge >= 0.3 is 0 Å². The molecule has 16 heavy (non-hydrogen) atoms. The molecule has 0 fully saturated rings. The molecule has 3 aromatic heterocycles. The van der Waals surface area contributed by atoms with Crippen LogP contribution in [-0.4, -0.2) is 35.3 Å². The Morgan fingerprint density at radius 2 is 2.44 bits per heavy atom. The molecule has 0 spiro atoms. The van der Waals surface area contributed by atoms with E-state index < -0.39 is 0 Å². The van der Waals surface area contributed by atoms with Gasteiger partial charge in [-0.2, -0.15) is 0 Å². The lowest BCUT2D eigenvalue weighted by Crippen LogP contribution is -1.87. The number of fused-ring (bicyclic) bond motifs is 3. The van der Waals surface area contributed by atoms with Crippen LogP contribution in [-0.2, 0) is 0 Å². The van der Waals surface area contributed by atoms with Crippen LogP contribution in [0.4, 0.5) is 0 Å². The van der Waals surface area contributed by atoms with Gasteiger partial charge in [-0.05, 0) is 0 Å². The summed E-state index contributed by atoms with van der Waals surface area (Å²) in [6, 6.07) is 0. The van der Waals surface area contributed by atoms with Crippen LogP contribution in [0.1, 0.15) is 0 Å². The Balaban J connectivity index is 2.18. The van der Waals surface area contributed by atoms with Crippen molar-refractivity contribution in [3.63, 3.8) is 0 Å². The molecule has 0 aromatic carbocycles. The van der Waals surface area contributed by atoms with Gasteiger partial charge in [0.15, 0.2) is 16.5 Å². The predicted octanol–water partition coefficient (Wildman–Crippen LogP) is 1.28. The zero-order valence-electron chi connectivity index (χ0n) is 8.29. The van der Waals surface area contributed by atoms with Crippen molar-refractivity contribution in [2.75, 3.05) is 5.75 Å². The maximum atomic E-state index is 4.35. The van der Waals surface area contributed by atoms with Crippen LogP contribution < -0.4 is 0 Å². The third kappa shape index (κ3) is 1.36. The minimum atomic E-state index is 0.659. The van der Waals surface area contributed by atoms with E-state index in [1.165, 1.54) is 0 Å². The highest BCUT2D eigenvalue weighted by Gasteiger charge is 2.09. The molecule has 0 amide bonds. The Labute approximate surface area is 94.8 Å². The van der Waals surface area contributed by atoms with Crippen molar-refractivity contribution in [2.24, 2.45) is 0 Å². The fourth-order valence-electron chi connectivity index (χ4n) is 1.42. The lowest BCUT2D eigenvalue weighted by Gasteiger charge is -1.90. The molecule has 3 aromatic rings. The number of rotatable bonds is 3. The third-order valence-electron chi connectivity index (χ3n) is 2.10. The monoisotopic (exact) mass is 232 g/mol. The first-order valence-corrected chi connectivity index (χ1v) is 5.65. The van der Waals surface area contributed by atoms with Gasteiger partial charge in [-0.3, -0.25) is 4.40 Å². The third-order valence-corrected chi connectivity index (χ3v) is 2.97. The van der Waals surface area contributed by atoms with Crippen LogP contribution in [0.2, 0.25) is 0 Å². The number of hydrogen-bond donors (Lipinski definition) is 1. The van der Waals surface area contributed by atoms with Gasteiger partial charge in [-0.15, -0.1) is 16.8 Å². The maximum Gasteiger partial charge on any atom is 0.189 e. The molecule has 0 aliphatic heterocycles. The molecule has 1 N–H and O–H groups in total. The number of H-pyrrole nitrogens is 1. The molecule has 0 radical (unpaired) electrons. The summed E-state index contributed by atoms with van der Waals surface area (Å²) in [4.78, 5) is 11.7. The van der Waals surface area contributed by atoms with Crippen molar-refractivity contribution in [1.82, 2.24) is 29.5 Å². The number of aromatic amines is 1. The molecule has 80 valence electrons. The van der Waals surface area contributed by atoms with Gasteiger partial charge in [0.2, 0.25) is 0 Å². The number of nitrogens with zero attached hydrogens (tertiary/aromatic N) is 5. The second-order valence-electron chi connectivity index (χ2n) is 3.15. The first-order chi connectivity index (χ1) is 7.88. The molecular weight excluding hydrogens is 224 g/mol. The summed E-state index contributed by atoms with van der Waals surface area (Å²) in [5.74, 6) is 0.808. The largest absolute Gasteiger partial charge is 0.328 e. The van der Waals surface area contributed by atoms with Crippen LogP contribution in [0.3, 0.4) is 0 Å². The van der Waals surface area contributed by atoms with Crippen molar-refractivity contribution < 1.29 is 0 Å². The van der Waals surface area contributed by atoms with Crippen molar-refractivity contribution >= 4 is 28.6 Å². The highest BCUT2D eigenvalue weighted by atomic mass is 32.2. The van der Waals surface area contributed by atoms with Crippen LogP contribution in [0.5, 0.6) is 0 Å². The molecular formula is C9H8N6S. The minimum absolute atomic E-state index is 0.659. The summed E-state index contributed by atoms with van der Waals surface area (Å²) >= 11 is 1.58. The number of hydrogen-bond acceptors (Lipinski definition) is 5. The van der Waals surface area contributed by atoms with Crippen LogP contribution in [0, 0.1) is 0 Å². The Morgan fingerprint density at radius 1 is 1.50 bits per heavy atom. The van der Waals surface area contributed by atoms with Gasteiger partial charge in [0.25, 0.3) is 0 Å². The van der Waals surface area contributed by atoms with E-state index in [0.717, 1.165) is 22.1 Å². The quantitative estimate of drug-likeness (QED) is 0.544. The van der Waals surface area contributed by atoms with Crippen molar-refractivity contribution in [3.8, 4) is 0 Å². The van der Waals surface area contributed by atoms with E-state index in [2.05, 4.69) is 31.7 Å². The second kappa shape index (κ2) is 3.60. The molecule has 0 atom stereocenters. The Morgan fingerprint density at radius 3 is 3.31 bits per heavy atom. The fraction of sp³-hybridized carbons (Fsp3) is 0.111. The molecule has 0 bridgehead atoms. The van der Waals surface area contributed by atoms with Gasteiger partial charge in [-0.1, -0.05) is 17.8 Å². The summed E-state index contributed by atoms with van der Waals surface area (Å²) in [6.45, 7) is 3.67. The highest BCUT2D eigenvalue weighted by molar-refractivity contribution is 7.99. The maximum absolute atomic E-state index is 4.35. The Hall–Kier alpha value is -1.89. The van der Waals surface area contributed by atoms with E-state index in [-0.39, 0.29) is 0 Å². The van der Waals surface area contributed by atoms with Crippen LogP contribution in [0.15, 0.2) is 30.5 Å². The average Bonchev–Trinajstić information content (AvgIpc) is 2.90. The Bertz CT molecular complexity index is 654. The van der Waals surface area contributed by atoms with E-state index in [0.29, 0.717) is 5.65 Å². The molecule has 7 heteroatoms. The first kappa shape index (κ1) is 9.34. The summed E-state index contributed by atoms with van der Waals surface area (Å²) in [7, 11) is 0. The van der Waals surface area contributed by atoms with E-state index in [4.69, 9.17) is 0 Å². The summed E-state index contributed by atoms with van der Waals surface area (Å²) in [5, 5.41) is 8.66. The SMILES string of the molecule is C=CCSc1nc2ncn3cnnc3c2[nH]1. The van der Waals surface area contributed by atoms with Gasteiger partial charge in [0, 0.05) is 5.75 Å². The molecule has 6 nitrogen and oxygen atoms in total. The molecule has 0 unspecified atom stereocenters. The molecule has 3 rings (SSSR count). The minimum Gasteiger partial charge on any atom is -0.328 e. The number of thioether (sulfide) groups is 1. The normalized spacial score (nSPS) is 11.2. The number of imidazole rings is 1. The van der Waals surface area contributed by atoms with E-state index in [1.807, 2.05) is 6.08 Å². The lowest BCUT2D eigenvalue weighted by molar-refractivity contribution is 1.06. The molecule has 0 saturated heterocycles. The van der Waals surface area contributed by atoms with Gasteiger partial charge in [0.1, 0.15) is 18.2 Å². The zero-order valence-corrected chi connectivity index (χ0v) is 9.11.